The molecule has 0 bridgehead atoms. The minimum absolute atomic E-state index is 0.0505. The van der Waals surface area contributed by atoms with Crippen molar-refractivity contribution in [2.45, 2.75) is 96.1 Å². The minimum atomic E-state index is -0.439. The number of carbonyl (C=O) groups excluding carboxylic acids is 1. The number of nitrogens with one attached hydrogen (secondary N) is 1. The quantitative estimate of drug-likeness (QED) is 0.375. The van der Waals surface area contributed by atoms with E-state index in [1.54, 1.807) is 0 Å². The van der Waals surface area contributed by atoms with Gasteiger partial charge in [-0.25, -0.2) is 0 Å². The first-order valence-corrected chi connectivity index (χ1v) is 10.3. The van der Waals surface area contributed by atoms with Crippen LogP contribution in [0.1, 0.15) is 99.9 Å². The Morgan fingerprint density at radius 2 is 1.44 bits per heavy atom. The van der Waals surface area contributed by atoms with Crippen molar-refractivity contribution in [3.05, 3.63) is 35.4 Å². The summed E-state index contributed by atoms with van der Waals surface area (Å²) in [5.41, 5.74) is 7.53. The number of unbranched alkanes of at least 4 members (excludes halogenated alkanes) is 9. The fourth-order valence-corrected chi connectivity index (χ4v) is 3.20. The molecule has 1 aromatic carbocycles. The lowest BCUT2D eigenvalue weighted by molar-refractivity contribution is 0.0933. The van der Waals surface area contributed by atoms with Gasteiger partial charge in [0, 0.05) is 5.56 Å². The molecule has 1 aliphatic rings. The molecular weight excluding hydrogens is 308 g/mol. The minimum Gasteiger partial charge on any atom is -0.334 e. The molecule has 0 heterocycles. The zero-order valence-corrected chi connectivity index (χ0v) is 16.0. The van der Waals surface area contributed by atoms with E-state index < -0.39 is 5.66 Å². The highest BCUT2D eigenvalue weighted by molar-refractivity contribution is 5.94. The summed E-state index contributed by atoms with van der Waals surface area (Å²) in [5, 5.41) is 2.89. The fraction of sp³-hybridized carbons (Fsp3) is 0.682. The number of amides is 1. The van der Waals surface area contributed by atoms with Gasteiger partial charge in [0.15, 0.2) is 0 Å². The van der Waals surface area contributed by atoms with E-state index in [0.29, 0.717) is 5.56 Å². The molecule has 0 atom stereocenters. The number of aryl methyl sites for hydroxylation is 1. The van der Waals surface area contributed by atoms with Crippen LogP contribution in [-0.4, -0.2) is 11.6 Å². The molecule has 1 aliphatic carbocycles. The van der Waals surface area contributed by atoms with Crippen LogP contribution < -0.4 is 11.1 Å². The Bertz CT molecular complexity index is 505. The van der Waals surface area contributed by atoms with Crippen molar-refractivity contribution < 1.29 is 4.79 Å². The van der Waals surface area contributed by atoms with E-state index in [1.807, 2.05) is 12.1 Å². The lowest BCUT2D eigenvalue weighted by atomic mass is 10.0. The summed E-state index contributed by atoms with van der Waals surface area (Å²) in [6.07, 6.45) is 16.5. The van der Waals surface area contributed by atoms with Crippen LogP contribution in [0.5, 0.6) is 0 Å². The van der Waals surface area contributed by atoms with E-state index in [-0.39, 0.29) is 5.91 Å². The highest BCUT2D eigenvalue weighted by Gasteiger charge is 2.39. The summed E-state index contributed by atoms with van der Waals surface area (Å²) in [5.74, 6) is -0.0505. The normalized spacial score (nSPS) is 15.1. The summed E-state index contributed by atoms with van der Waals surface area (Å²) < 4.78 is 0. The fourth-order valence-electron chi connectivity index (χ4n) is 3.20. The van der Waals surface area contributed by atoms with Gasteiger partial charge in [0.25, 0.3) is 5.91 Å². The monoisotopic (exact) mass is 344 g/mol. The van der Waals surface area contributed by atoms with Gasteiger partial charge in [-0.3, -0.25) is 4.79 Å². The maximum Gasteiger partial charge on any atom is 0.252 e. The molecule has 0 saturated heterocycles. The van der Waals surface area contributed by atoms with Gasteiger partial charge >= 0.3 is 0 Å². The van der Waals surface area contributed by atoms with Gasteiger partial charge in [0.05, 0.1) is 5.66 Å². The number of nitrogens with two attached hydrogens (primary N) is 1. The van der Waals surface area contributed by atoms with Gasteiger partial charge in [0.1, 0.15) is 0 Å². The molecule has 3 heteroatoms. The van der Waals surface area contributed by atoms with Crippen LogP contribution in [0.4, 0.5) is 0 Å². The van der Waals surface area contributed by atoms with Gasteiger partial charge < -0.3 is 11.1 Å². The van der Waals surface area contributed by atoms with Crippen molar-refractivity contribution in [1.82, 2.24) is 5.32 Å². The highest BCUT2D eigenvalue weighted by atomic mass is 16.2. The highest BCUT2D eigenvalue weighted by Crippen LogP contribution is 2.29. The molecular formula is C22H36N2O. The van der Waals surface area contributed by atoms with Gasteiger partial charge in [-0.05, 0) is 43.4 Å². The third-order valence-electron chi connectivity index (χ3n) is 5.19. The largest absolute Gasteiger partial charge is 0.334 e. The predicted molar refractivity (Wildman–Crippen MR) is 106 cm³/mol. The first-order valence-electron chi connectivity index (χ1n) is 10.3. The van der Waals surface area contributed by atoms with Crippen molar-refractivity contribution >= 4 is 5.91 Å². The summed E-state index contributed by atoms with van der Waals surface area (Å²) in [6, 6.07) is 8.01. The first kappa shape index (κ1) is 20.0. The van der Waals surface area contributed by atoms with E-state index >= 15 is 0 Å². The molecule has 2 rings (SSSR count). The van der Waals surface area contributed by atoms with Crippen molar-refractivity contribution in [3.63, 3.8) is 0 Å². The van der Waals surface area contributed by atoms with E-state index in [4.69, 9.17) is 5.73 Å². The molecule has 1 fully saturated rings. The molecule has 0 aromatic heterocycles. The van der Waals surface area contributed by atoms with Crippen molar-refractivity contribution in [2.24, 2.45) is 5.73 Å². The molecule has 1 amide bonds. The zero-order valence-electron chi connectivity index (χ0n) is 16.0. The summed E-state index contributed by atoms with van der Waals surface area (Å²) >= 11 is 0. The van der Waals surface area contributed by atoms with Gasteiger partial charge in [-0.15, -0.1) is 0 Å². The summed E-state index contributed by atoms with van der Waals surface area (Å²) in [4.78, 5) is 12.1. The second kappa shape index (κ2) is 10.6. The number of rotatable bonds is 13. The number of carbonyl (C=O) groups is 1. The van der Waals surface area contributed by atoms with Crippen LogP contribution >= 0.6 is 0 Å². The van der Waals surface area contributed by atoms with E-state index in [9.17, 15) is 4.79 Å². The molecule has 1 saturated carbocycles. The maximum absolute atomic E-state index is 12.1. The Kier molecular flexibility index (Phi) is 8.47. The van der Waals surface area contributed by atoms with Crippen molar-refractivity contribution in [3.8, 4) is 0 Å². The Balaban J connectivity index is 1.52. The molecule has 25 heavy (non-hydrogen) atoms. The second-order valence-electron chi connectivity index (χ2n) is 7.74. The number of benzene rings is 1. The molecule has 140 valence electrons. The Morgan fingerprint density at radius 1 is 0.920 bits per heavy atom. The van der Waals surface area contributed by atoms with Crippen LogP contribution in [0.25, 0.3) is 0 Å². The SMILES string of the molecule is CCCCCCCCCCCCc1ccc(C(=O)NC2(N)CC2)cc1. The van der Waals surface area contributed by atoms with Crippen molar-refractivity contribution in [1.29, 1.82) is 0 Å². The summed E-state index contributed by atoms with van der Waals surface area (Å²) in [6.45, 7) is 2.27. The molecule has 0 unspecified atom stereocenters. The zero-order chi connectivity index (χ0) is 18.0. The molecule has 1 aromatic rings. The maximum atomic E-state index is 12.1. The lowest BCUT2D eigenvalue weighted by Crippen LogP contribution is -2.43. The molecule has 0 spiro atoms. The lowest BCUT2D eigenvalue weighted by Gasteiger charge is -2.11. The second-order valence-corrected chi connectivity index (χ2v) is 7.74. The first-order chi connectivity index (χ1) is 12.1. The third-order valence-corrected chi connectivity index (χ3v) is 5.19. The molecule has 3 nitrogen and oxygen atoms in total. The van der Waals surface area contributed by atoms with Gasteiger partial charge in [-0.1, -0.05) is 76.8 Å². The van der Waals surface area contributed by atoms with Gasteiger partial charge in [-0.2, -0.15) is 0 Å². The average molecular weight is 345 g/mol. The van der Waals surface area contributed by atoms with E-state index in [0.717, 1.165) is 19.3 Å². The average Bonchev–Trinajstić information content (AvgIpc) is 3.34. The number of hydrogen-bond donors (Lipinski definition) is 2. The van der Waals surface area contributed by atoms with Gasteiger partial charge in [0.2, 0.25) is 0 Å². The standard InChI is InChI=1S/C22H36N2O/c1-2-3-4-5-6-7-8-9-10-11-12-19-13-15-20(16-14-19)21(25)24-22(23)17-18-22/h13-16H,2-12,17-18,23H2,1H3,(H,24,25). The molecule has 0 aliphatic heterocycles. The number of hydrogen-bond acceptors (Lipinski definition) is 2. The predicted octanol–water partition coefficient (Wildman–Crippen LogP) is 5.33. The van der Waals surface area contributed by atoms with Crippen LogP contribution in [0.15, 0.2) is 24.3 Å². The van der Waals surface area contributed by atoms with Crippen LogP contribution in [-0.2, 0) is 6.42 Å². The van der Waals surface area contributed by atoms with E-state index in [1.165, 1.54) is 69.8 Å². The van der Waals surface area contributed by atoms with Crippen LogP contribution in [0, 0.1) is 0 Å². The molecule has 3 N–H and O–H groups in total. The Hall–Kier alpha value is -1.35. The third kappa shape index (κ3) is 8.04. The summed E-state index contributed by atoms with van der Waals surface area (Å²) in [7, 11) is 0. The Labute approximate surface area is 153 Å². The van der Waals surface area contributed by atoms with E-state index in [2.05, 4.69) is 24.4 Å². The molecule has 0 radical (unpaired) electrons. The van der Waals surface area contributed by atoms with Crippen LogP contribution in [0.2, 0.25) is 0 Å². The smallest absolute Gasteiger partial charge is 0.252 e. The Morgan fingerprint density at radius 3 is 1.96 bits per heavy atom. The van der Waals surface area contributed by atoms with Crippen LogP contribution in [0.3, 0.4) is 0 Å². The topological polar surface area (TPSA) is 55.1 Å². The van der Waals surface area contributed by atoms with Crippen molar-refractivity contribution in [2.75, 3.05) is 0 Å².